The van der Waals surface area contributed by atoms with E-state index >= 15 is 0 Å². The molecule has 1 aliphatic rings. The lowest BCUT2D eigenvalue weighted by atomic mass is 9.96. The van der Waals surface area contributed by atoms with Crippen molar-refractivity contribution in [1.29, 1.82) is 0 Å². The van der Waals surface area contributed by atoms with E-state index in [0.717, 1.165) is 42.8 Å². The number of hydrogen-bond donors (Lipinski definition) is 1. The fourth-order valence-electron chi connectivity index (χ4n) is 3.82. The van der Waals surface area contributed by atoms with Crippen LogP contribution in [0.15, 0.2) is 55.0 Å². The van der Waals surface area contributed by atoms with Crippen molar-refractivity contribution in [2.24, 2.45) is 5.92 Å². The quantitative estimate of drug-likeness (QED) is 0.681. The summed E-state index contributed by atoms with van der Waals surface area (Å²) < 4.78 is 15.7. The fourth-order valence-corrected chi connectivity index (χ4v) is 3.82. The van der Waals surface area contributed by atoms with E-state index in [1.165, 1.54) is 6.07 Å². The first-order valence-corrected chi connectivity index (χ1v) is 10.3. The summed E-state index contributed by atoms with van der Waals surface area (Å²) in [5, 5.41) is 7.42. The Hall–Kier alpha value is -3.06. The molecule has 0 unspecified atom stereocenters. The molecule has 3 heterocycles. The number of halogens is 1. The van der Waals surface area contributed by atoms with Crippen LogP contribution in [0.1, 0.15) is 24.0 Å². The maximum Gasteiger partial charge on any atom is 0.223 e. The first-order valence-electron chi connectivity index (χ1n) is 10.3. The van der Waals surface area contributed by atoms with Crippen LogP contribution < -0.4 is 5.32 Å². The summed E-state index contributed by atoms with van der Waals surface area (Å²) in [6, 6.07) is 11.0. The van der Waals surface area contributed by atoms with E-state index in [-0.39, 0.29) is 17.6 Å². The number of benzene rings is 1. The number of amides is 1. The van der Waals surface area contributed by atoms with Gasteiger partial charge in [0.2, 0.25) is 5.91 Å². The summed E-state index contributed by atoms with van der Waals surface area (Å²) in [6.45, 7) is 4.47. The summed E-state index contributed by atoms with van der Waals surface area (Å²) in [7, 11) is 0. The van der Waals surface area contributed by atoms with Gasteiger partial charge in [-0.05, 0) is 55.2 Å². The van der Waals surface area contributed by atoms with Gasteiger partial charge in [-0.2, -0.15) is 5.10 Å². The summed E-state index contributed by atoms with van der Waals surface area (Å²) in [6.07, 6.45) is 6.98. The molecule has 156 valence electrons. The standard InChI is InChI=1S/C23H26FN5O/c1-17-2-3-18(14-21(17)24)15-26-23(30)20-7-12-28(13-8-20)16-29-22(6-11-27-29)19-4-9-25-10-5-19/h2-6,9-11,14,20H,7-8,12-13,15-16H2,1H3,(H,26,30). The van der Waals surface area contributed by atoms with Crippen molar-refractivity contribution in [2.45, 2.75) is 33.0 Å². The maximum absolute atomic E-state index is 13.7. The molecule has 0 saturated carbocycles. The lowest BCUT2D eigenvalue weighted by Crippen LogP contribution is -2.41. The van der Waals surface area contributed by atoms with Crippen LogP contribution in [0.4, 0.5) is 4.39 Å². The Morgan fingerprint density at radius 1 is 1.13 bits per heavy atom. The van der Waals surface area contributed by atoms with Gasteiger partial charge >= 0.3 is 0 Å². The molecular weight excluding hydrogens is 381 g/mol. The Morgan fingerprint density at radius 2 is 1.90 bits per heavy atom. The normalized spacial score (nSPS) is 15.3. The van der Waals surface area contributed by atoms with Gasteiger partial charge in [0.05, 0.1) is 12.4 Å². The summed E-state index contributed by atoms with van der Waals surface area (Å²) in [5.74, 6) is -0.194. The third kappa shape index (κ3) is 4.74. The molecular formula is C23H26FN5O. The molecule has 30 heavy (non-hydrogen) atoms. The van der Waals surface area contributed by atoms with E-state index in [1.54, 1.807) is 25.4 Å². The monoisotopic (exact) mass is 407 g/mol. The van der Waals surface area contributed by atoms with Crippen molar-refractivity contribution in [3.8, 4) is 11.3 Å². The van der Waals surface area contributed by atoms with Gasteiger partial charge in [0, 0.05) is 49.7 Å². The average Bonchev–Trinajstić information content (AvgIpc) is 3.23. The van der Waals surface area contributed by atoms with Crippen LogP contribution in [0.2, 0.25) is 0 Å². The van der Waals surface area contributed by atoms with Gasteiger partial charge in [0.25, 0.3) is 0 Å². The number of likely N-dealkylation sites (tertiary alicyclic amines) is 1. The van der Waals surface area contributed by atoms with Gasteiger partial charge < -0.3 is 5.32 Å². The van der Waals surface area contributed by atoms with E-state index in [0.29, 0.717) is 18.8 Å². The van der Waals surface area contributed by atoms with E-state index in [2.05, 4.69) is 20.3 Å². The maximum atomic E-state index is 13.7. The highest BCUT2D eigenvalue weighted by molar-refractivity contribution is 5.78. The average molecular weight is 407 g/mol. The molecule has 1 N–H and O–H groups in total. The topological polar surface area (TPSA) is 63.1 Å². The number of aromatic nitrogens is 3. The number of carbonyl (C=O) groups is 1. The van der Waals surface area contributed by atoms with Crippen LogP contribution >= 0.6 is 0 Å². The third-order valence-corrected chi connectivity index (χ3v) is 5.69. The minimum Gasteiger partial charge on any atom is -0.352 e. The van der Waals surface area contributed by atoms with Gasteiger partial charge in [-0.1, -0.05) is 12.1 Å². The first kappa shape index (κ1) is 20.2. The zero-order valence-electron chi connectivity index (χ0n) is 17.1. The van der Waals surface area contributed by atoms with Gasteiger partial charge in [0.15, 0.2) is 0 Å². The van der Waals surface area contributed by atoms with Crippen molar-refractivity contribution in [1.82, 2.24) is 25.0 Å². The molecule has 1 aliphatic heterocycles. The van der Waals surface area contributed by atoms with Crippen LogP contribution in [-0.2, 0) is 18.0 Å². The number of nitrogens with zero attached hydrogens (tertiary/aromatic N) is 4. The lowest BCUT2D eigenvalue weighted by molar-refractivity contribution is -0.126. The number of rotatable bonds is 6. The Balaban J connectivity index is 1.27. The van der Waals surface area contributed by atoms with Crippen molar-refractivity contribution in [3.05, 3.63) is 71.9 Å². The molecule has 4 rings (SSSR count). The predicted molar refractivity (Wildman–Crippen MR) is 113 cm³/mol. The minimum absolute atomic E-state index is 0.00571. The second kappa shape index (κ2) is 9.17. The molecule has 2 aromatic heterocycles. The molecule has 1 saturated heterocycles. The Morgan fingerprint density at radius 3 is 2.63 bits per heavy atom. The smallest absolute Gasteiger partial charge is 0.223 e. The highest BCUT2D eigenvalue weighted by Gasteiger charge is 2.25. The zero-order valence-corrected chi connectivity index (χ0v) is 17.1. The van der Waals surface area contributed by atoms with E-state index < -0.39 is 0 Å². The molecule has 0 atom stereocenters. The van der Waals surface area contributed by atoms with Crippen LogP contribution in [0.5, 0.6) is 0 Å². The molecule has 0 radical (unpaired) electrons. The minimum atomic E-state index is -0.236. The number of piperidine rings is 1. The molecule has 6 nitrogen and oxygen atoms in total. The Labute approximate surface area is 175 Å². The first-order chi connectivity index (χ1) is 14.6. The fraction of sp³-hybridized carbons (Fsp3) is 0.348. The van der Waals surface area contributed by atoms with E-state index in [4.69, 9.17) is 0 Å². The van der Waals surface area contributed by atoms with Gasteiger partial charge in [-0.15, -0.1) is 0 Å². The van der Waals surface area contributed by atoms with E-state index in [9.17, 15) is 9.18 Å². The van der Waals surface area contributed by atoms with Crippen LogP contribution in [0.25, 0.3) is 11.3 Å². The van der Waals surface area contributed by atoms with Gasteiger partial charge in [0.1, 0.15) is 5.82 Å². The van der Waals surface area contributed by atoms with Gasteiger partial charge in [-0.25, -0.2) is 4.39 Å². The Bertz CT molecular complexity index is 996. The SMILES string of the molecule is Cc1ccc(CNC(=O)C2CCN(Cn3nccc3-c3ccncc3)CC2)cc1F. The van der Waals surface area contributed by atoms with Crippen molar-refractivity contribution >= 4 is 5.91 Å². The number of pyridine rings is 1. The summed E-state index contributed by atoms with van der Waals surface area (Å²) in [5.41, 5.74) is 3.54. The number of carbonyl (C=O) groups excluding carboxylic acids is 1. The van der Waals surface area contributed by atoms with Crippen molar-refractivity contribution < 1.29 is 9.18 Å². The molecule has 0 spiro atoms. The number of nitrogens with one attached hydrogen (secondary N) is 1. The largest absolute Gasteiger partial charge is 0.352 e. The van der Waals surface area contributed by atoms with E-state index in [1.807, 2.05) is 35.1 Å². The zero-order chi connectivity index (χ0) is 20.9. The summed E-state index contributed by atoms with van der Waals surface area (Å²) in [4.78, 5) is 18.9. The van der Waals surface area contributed by atoms with Crippen molar-refractivity contribution in [3.63, 3.8) is 0 Å². The molecule has 0 aliphatic carbocycles. The lowest BCUT2D eigenvalue weighted by Gasteiger charge is -2.31. The van der Waals surface area contributed by atoms with Crippen LogP contribution in [0, 0.1) is 18.7 Å². The predicted octanol–water partition coefficient (Wildman–Crippen LogP) is 3.38. The second-order valence-corrected chi connectivity index (χ2v) is 7.79. The highest BCUT2D eigenvalue weighted by Crippen LogP contribution is 2.21. The third-order valence-electron chi connectivity index (χ3n) is 5.69. The van der Waals surface area contributed by atoms with Crippen LogP contribution in [-0.4, -0.2) is 38.7 Å². The second-order valence-electron chi connectivity index (χ2n) is 7.79. The number of aryl methyl sites for hydroxylation is 1. The van der Waals surface area contributed by atoms with Crippen LogP contribution in [0.3, 0.4) is 0 Å². The molecule has 0 bridgehead atoms. The molecule has 1 aromatic carbocycles. The summed E-state index contributed by atoms with van der Waals surface area (Å²) >= 11 is 0. The molecule has 3 aromatic rings. The highest BCUT2D eigenvalue weighted by atomic mass is 19.1. The molecule has 1 amide bonds. The number of hydrogen-bond acceptors (Lipinski definition) is 4. The molecule has 1 fully saturated rings. The van der Waals surface area contributed by atoms with Crippen molar-refractivity contribution in [2.75, 3.05) is 13.1 Å². The van der Waals surface area contributed by atoms with Gasteiger partial charge in [-0.3, -0.25) is 19.4 Å². The molecule has 7 heteroatoms. The Kier molecular flexibility index (Phi) is 6.18.